The molecule has 2 aromatic rings. The first kappa shape index (κ1) is 16.6. The molecule has 0 saturated carbocycles. The molecule has 1 fully saturated rings. The van der Waals surface area contributed by atoms with Crippen LogP contribution in [0.2, 0.25) is 0 Å². The number of hydrogen-bond donors (Lipinski definition) is 1. The molecule has 0 bridgehead atoms. The summed E-state index contributed by atoms with van der Waals surface area (Å²) in [7, 11) is 1.60. The molecule has 2 aromatic heterocycles. The van der Waals surface area contributed by atoms with Crippen LogP contribution in [0.5, 0.6) is 0 Å². The van der Waals surface area contributed by atoms with Crippen LogP contribution in [0.4, 0.5) is 0 Å². The van der Waals surface area contributed by atoms with E-state index in [1.165, 1.54) is 23.8 Å². The van der Waals surface area contributed by atoms with Crippen molar-refractivity contribution < 1.29 is 4.79 Å². The number of aromatic nitrogens is 3. The Kier molecular flexibility index (Phi) is 5.20. The van der Waals surface area contributed by atoms with Gasteiger partial charge in [0.2, 0.25) is 0 Å². The zero-order valence-corrected chi connectivity index (χ0v) is 14.0. The van der Waals surface area contributed by atoms with Crippen LogP contribution in [0.25, 0.3) is 11.2 Å². The molecule has 0 atom stereocenters. The van der Waals surface area contributed by atoms with Crippen molar-refractivity contribution >= 4 is 17.1 Å². The second kappa shape index (κ2) is 7.53. The maximum absolute atomic E-state index is 12.3. The molecule has 1 N–H and O–H groups in total. The van der Waals surface area contributed by atoms with E-state index >= 15 is 0 Å². The Morgan fingerprint density at radius 1 is 1.29 bits per heavy atom. The lowest BCUT2D eigenvalue weighted by Crippen LogP contribution is -2.36. The maximum atomic E-state index is 12.3. The van der Waals surface area contributed by atoms with Crippen molar-refractivity contribution in [2.75, 3.05) is 26.2 Å². The van der Waals surface area contributed by atoms with Gasteiger partial charge in [-0.05, 0) is 51.0 Å². The molecule has 1 amide bonds. The quantitative estimate of drug-likeness (QED) is 0.826. The van der Waals surface area contributed by atoms with Crippen molar-refractivity contribution in [3.8, 4) is 0 Å². The van der Waals surface area contributed by atoms with Gasteiger partial charge in [0.05, 0.1) is 0 Å². The number of carbonyl (C=O) groups is 1. The van der Waals surface area contributed by atoms with Crippen LogP contribution >= 0.6 is 0 Å². The number of aryl methyl sites for hydroxylation is 1. The van der Waals surface area contributed by atoms with E-state index in [1.54, 1.807) is 25.4 Å². The van der Waals surface area contributed by atoms with Gasteiger partial charge in [0.25, 0.3) is 11.5 Å². The highest BCUT2D eigenvalue weighted by Crippen LogP contribution is 2.08. The predicted molar refractivity (Wildman–Crippen MR) is 92.0 cm³/mol. The third-order valence-corrected chi connectivity index (χ3v) is 4.42. The topological polar surface area (TPSA) is 80.1 Å². The summed E-state index contributed by atoms with van der Waals surface area (Å²) in [6, 6.07) is 3.48. The van der Waals surface area contributed by atoms with Crippen molar-refractivity contribution in [1.82, 2.24) is 24.8 Å². The Morgan fingerprint density at radius 3 is 2.88 bits per heavy atom. The Hall–Kier alpha value is -2.28. The molecule has 1 saturated heterocycles. The lowest BCUT2D eigenvalue weighted by molar-refractivity contribution is 0.0944. The smallest absolute Gasteiger partial charge is 0.283 e. The minimum atomic E-state index is -0.422. The molecular weight excluding hydrogens is 306 g/mol. The normalized spacial score (nSPS) is 15.5. The lowest BCUT2D eigenvalue weighted by atomic mass is 10.1. The number of rotatable bonds is 5. The van der Waals surface area contributed by atoms with Gasteiger partial charge in [-0.3, -0.25) is 14.2 Å². The zero-order valence-electron chi connectivity index (χ0n) is 14.0. The molecule has 0 aliphatic carbocycles. The van der Waals surface area contributed by atoms with Crippen LogP contribution in [0.3, 0.4) is 0 Å². The van der Waals surface area contributed by atoms with E-state index in [2.05, 4.69) is 20.2 Å². The molecule has 7 nitrogen and oxygen atoms in total. The van der Waals surface area contributed by atoms with Crippen molar-refractivity contribution in [3.63, 3.8) is 0 Å². The van der Waals surface area contributed by atoms with Gasteiger partial charge in [0, 0.05) is 19.8 Å². The van der Waals surface area contributed by atoms with E-state index in [1.807, 2.05) is 0 Å². The average Bonchev–Trinajstić information content (AvgIpc) is 2.62. The Bertz CT molecular complexity index is 780. The van der Waals surface area contributed by atoms with Gasteiger partial charge in [-0.1, -0.05) is 6.42 Å². The van der Waals surface area contributed by atoms with Gasteiger partial charge < -0.3 is 10.2 Å². The number of hydrogen-bond acceptors (Lipinski definition) is 5. The lowest BCUT2D eigenvalue weighted by Gasteiger charge is -2.26. The van der Waals surface area contributed by atoms with Crippen molar-refractivity contribution in [2.45, 2.75) is 25.7 Å². The molecule has 3 heterocycles. The molecule has 24 heavy (non-hydrogen) atoms. The summed E-state index contributed by atoms with van der Waals surface area (Å²) in [6.07, 6.45) is 6.32. The molecule has 0 spiro atoms. The summed E-state index contributed by atoms with van der Waals surface area (Å²) >= 11 is 0. The van der Waals surface area contributed by atoms with E-state index in [0.717, 1.165) is 26.1 Å². The van der Waals surface area contributed by atoms with E-state index in [-0.39, 0.29) is 5.69 Å². The van der Waals surface area contributed by atoms with Crippen LogP contribution in [-0.2, 0) is 7.05 Å². The number of nitrogens with one attached hydrogen (secondary N) is 1. The minimum absolute atomic E-state index is 0.0732. The van der Waals surface area contributed by atoms with Crippen molar-refractivity contribution in [2.24, 2.45) is 7.05 Å². The summed E-state index contributed by atoms with van der Waals surface area (Å²) in [5.74, 6) is -0.417. The molecule has 0 radical (unpaired) electrons. The molecule has 1 aliphatic heterocycles. The number of likely N-dealkylation sites (tertiary alicyclic amines) is 1. The van der Waals surface area contributed by atoms with Crippen LogP contribution in [0.15, 0.2) is 23.1 Å². The van der Waals surface area contributed by atoms with Crippen LogP contribution in [0, 0.1) is 0 Å². The molecule has 3 rings (SSSR count). The van der Waals surface area contributed by atoms with E-state index in [9.17, 15) is 9.59 Å². The summed E-state index contributed by atoms with van der Waals surface area (Å²) in [5.41, 5.74) is 0.521. The first-order valence-electron chi connectivity index (χ1n) is 8.49. The van der Waals surface area contributed by atoms with Gasteiger partial charge in [0.15, 0.2) is 11.3 Å². The van der Waals surface area contributed by atoms with Crippen molar-refractivity contribution in [1.29, 1.82) is 0 Å². The predicted octanol–water partition coefficient (Wildman–Crippen LogP) is 0.934. The van der Waals surface area contributed by atoms with Crippen LogP contribution in [0.1, 0.15) is 36.2 Å². The van der Waals surface area contributed by atoms with Gasteiger partial charge in [-0.25, -0.2) is 9.97 Å². The number of nitrogens with zero attached hydrogens (tertiary/aromatic N) is 4. The summed E-state index contributed by atoms with van der Waals surface area (Å²) in [6.45, 7) is 3.82. The second-order valence-corrected chi connectivity index (χ2v) is 6.18. The highest BCUT2D eigenvalue weighted by Gasteiger charge is 2.16. The largest absolute Gasteiger partial charge is 0.350 e. The summed E-state index contributed by atoms with van der Waals surface area (Å²) in [4.78, 5) is 35.3. The third kappa shape index (κ3) is 3.62. The molecule has 0 aromatic carbocycles. The fraction of sp³-hybridized carbons (Fsp3) is 0.529. The third-order valence-electron chi connectivity index (χ3n) is 4.42. The zero-order chi connectivity index (χ0) is 16.9. The first-order chi connectivity index (χ1) is 11.7. The van der Waals surface area contributed by atoms with E-state index in [0.29, 0.717) is 17.7 Å². The second-order valence-electron chi connectivity index (χ2n) is 6.18. The number of amides is 1. The van der Waals surface area contributed by atoms with Crippen LogP contribution in [-0.4, -0.2) is 51.5 Å². The van der Waals surface area contributed by atoms with Crippen molar-refractivity contribution in [3.05, 3.63) is 34.4 Å². The first-order valence-corrected chi connectivity index (χ1v) is 8.49. The summed E-state index contributed by atoms with van der Waals surface area (Å²) < 4.78 is 1.37. The molecule has 0 unspecified atom stereocenters. The minimum Gasteiger partial charge on any atom is -0.350 e. The highest BCUT2D eigenvalue weighted by atomic mass is 16.2. The van der Waals surface area contributed by atoms with E-state index < -0.39 is 11.5 Å². The number of pyridine rings is 1. The Morgan fingerprint density at radius 2 is 2.08 bits per heavy atom. The molecule has 7 heteroatoms. The Labute approximate surface area is 140 Å². The number of piperidine rings is 1. The van der Waals surface area contributed by atoms with Gasteiger partial charge in [-0.15, -0.1) is 0 Å². The van der Waals surface area contributed by atoms with Crippen LogP contribution < -0.4 is 10.9 Å². The standard InChI is InChI=1S/C17H23N5O2/c1-21-15-13(7-5-8-18-15)20-14(17(21)24)16(23)19-9-6-12-22-10-3-2-4-11-22/h5,7-8H,2-4,6,9-12H2,1H3,(H,19,23). The maximum Gasteiger partial charge on any atom is 0.283 e. The summed E-state index contributed by atoms with van der Waals surface area (Å²) in [5, 5.41) is 2.81. The number of carbonyl (C=O) groups excluding carboxylic acids is 1. The fourth-order valence-corrected chi connectivity index (χ4v) is 3.08. The van der Waals surface area contributed by atoms with Gasteiger partial charge in [-0.2, -0.15) is 0 Å². The van der Waals surface area contributed by atoms with Gasteiger partial charge >= 0.3 is 0 Å². The molecular formula is C17H23N5O2. The molecule has 1 aliphatic rings. The SMILES string of the molecule is Cn1c(=O)c(C(=O)NCCCN2CCCCC2)nc2cccnc21. The average molecular weight is 329 g/mol. The molecule has 128 valence electrons. The number of fused-ring (bicyclic) bond motifs is 1. The fourth-order valence-electron chi connectivity index (χ4n) is 3.08. The Balaban J connectivity index is 1.61. The van der Waals surface area contributed by atoms with Gasteiger partial charge in [0.1, 0.15) is 5.52 Å². The monoisotopic (exact) mass is 329 g/mol. The van der Waals surface area contributed by atoms with E-state index in [4.69, 9.17) is 0 Å². The highest BCUT2D eigenvalue weighted by molar-refractivity contribution is 5.93.